The Morgan fingerprint density at radius 1 is 1.18 bits per heavy atom. The molecule has 4 rings (SSSR count). The van der Waals surface area contributed by atoms with Crippen molar-refractivity contribution in [1.82, 2.24) is 20.4 Å². The van der Waals surface area contributed by atoms with E-state index in [4.69, 9.17) is 9.47 Å². The van der Waals surface area contributed by atoms with Crippen LogP contribution in [0.15, 0.2) is 30.3 Å². The summed E-state index contributed by atoms with van der Waals surface area (Å²) in [7, 11) is 2.76. The minimum atomic E-state index is -0.959. The number of anilines is 3. The number of aryl methyl sites for hydroxylation is 1. The summed E-state index contributed by atoms with van der Waals surface area (Å²) >= 11 is 1.23. The van der Waals surface area contributed by atoms with Crippen molar-refractivity contribution in [2.45, 2.75) is 25.5 Å². The van der Waals surface area contributed by atoms with Crippen molar-refractivity contribution in [2.75, 3.05) is 42.8 Å². The number of benzene rings is 1. The highest BCUT2D eigenvalue weighted by molar-refractivity contribution is 7.19. The highest BCUT2D eigenvalue weighted by atomic mass is 32.1. The number of methoxy groups -OCH3 is 2. The molecule has 1 amide bonds. The number of nitrogens with zero attached hydrogens (tertiary/aromatic N) is 5. The summed E-state index contributed by atoms with van der Waals surface area (Å²) in [5.74, 6) is -0.0831. The van der Waals surface area contributed by atoms with Gasteiger partial charge in [0, 0.05) is 26.2 Å². The van der Waals surface area contributed by atoms with Crippen LogP contribution in [0.4, 0.5) is 20.5 Å². The van der Waals surface area contributed by atoms with E-state index in [0.717, 1.165) is 31.0 Å². The van der Waals surface area contributed by atoms with Gasteiger partial charge >= 0.3 is 0 Å². The van der Waals surface area contributed by atoms with Crippen molar-refractivity contribution in [2.24, 2.45) is 0 Å². The molecule has 1 fully saturated rings. The molecule has 3 aromatic rings. The van der Waals surface area contributed by atoms with E-state index in [1.165, 1.54) is 43.8 Å². The molecular formula is C21H24FN7O3S. The Kier molecular flexibility index (Phi) is 6.94. The van der Waals surface area contributed by atoms with Crippen LogP contribution in [-0.2, 0) is 9.53 Å². The molecule has 2 aromatic heterocycles. The highest BCUT2D eigenvalue weighted by Gasteiger charge is 2.26. The quantitative estimate of drug-likeness (QED) is 0.510. The fraction of sp³-hybridized carbons (Fsp3) is 0.381. The summed E-state index contributed by atoms with van der Waals surface area (Å²) in [4.78, 5) is 14.9. The van der Waals surface area contributed by atoms with Gasteiger partial charge in [-0.15, -0.1) is 15.3 Å². The number of hydrogen-bond donors (Lipinski definition) is 2. The van der Waals surface area contributed by atoms with E-state index in [9.17, 15) is 9.18 Å². The van der Waals surface area contributed by atoms with Crippen LogP contribution in [0.3, 0.4) is 0 Å². The lowest BCUT2D eigenvalue weighted by atomic mass is 10.1. The first kappa shape index (κ1) is 22.8. The summed E-state index contributed by atoms with van der Waals surface area (Å²) in [6.45, 7) is 3.52. The Bertz CT molecular complexity index is 1110. The van der Waals surface area contributed by atoms with Crippen LogP contribution in [0.1, 0.15) is 23.8 Å². The second-order valence-electron chi connectivity index (χ2n) is 7.52. The van der Waals surface area contributed by atoms with Gasteiger partial charge in [0.05, 0.1) is 12.8 Å². The first-order valence-electron chi connectivity index (χ1n) is 10.3. The second-order valence-corrected chi connectivity index (χ2v) is 8.50. The number of hydrogen-bond acceptors (Lipinski definition) is 10. The second kappa shape index (κ2) is 10.0. The number of rotatable bonds is 8. The van der Waals surface area contributed by atoms with E-state index in [1.54, 1.807) is 0 Å². The first-order valence-corrected chi connectivity index (χ1v) is 11.1. The SMILES string of the molecule is COc1cc([C@H](OC)C(=O)Nc2nnc(N[C@@H]3CCN(c4ccc(C)nn4)C3)s2)ccc1F. The topological polar surface area (TPSA) is 114 Å². The molecule has 0 unspecified atom stereocenters. The zero-order valence-electron chi connectivity index (χ0n) is 18.4. The molecule has 0 aliphatic carbocycles. The van der Waals surface area contributed by atoms with Crippen molar-refractivity contribution < 1.29 is 18.7 Å². The number of halogens is 1. The summed E-state index contributed by atoms with van der Waals surface area (Å²) in [5, 5.41) is 23.5. The fourth-order valence-corrected chi connectivity index (χ4v) is 4.28. The third-order valence-electron chi connectivity index (χ3n) is 5.23. The number of carbonyl (C=O) groups is 1. The zero-order chi connectivity index (χ0) is 23.4. The van der Waals surface area contributed by atoms with Gasteiger partial charge in [0.15, 0.2) is 23.5 Å². The Hall–Kier alpha value is -3.38. The molecule has 2 atom stereocenters. The van der Waals surface area contributed by atoms with Gasteiger partial charge in [-0.2, -0.15) is 5.10 Å². The predicted molar refractivity (Wildman–Crippen MR) is 122 cm³/mol. The molecular weight excluding hydrogens is 449 g/mol. The van der Waals surface area contributed by atoms with Gasteiger partial charge in [0.1, 0.15) is 0 Å². The third-order valence-corrected chi connectivity index (χ3v) is 6.00. The van der Waals surface area contributed by atoms with Gasteiger partial charge < -0.3 is 19.7 Å². The van der Waals surface area contributed by atoms with Gasteiger partial charge in [-0.3, -0.25) is 10.1 Å². The molecule has 1 saturated heterocycles. The van der Waals surface area contributed by atoms with Gasteiger partial charge in [0.2, 0.25) is 10.3 Å². The maximum Gasteiger partial charge on any atom is 0.259 e. The van der Waals surface area contributed by atoms with Gasteiger partial charge in [-0.05, 0) is 43.2 Å². The lowest BCUT2D eigenvalue weighted by Crippen LogP contribution is -2.26. The van der Waals surface area contributed by atoms with Crippen LogP contribution in [0.5, 0.6) is 5.75 Å². The number of ether oxygens (including phenoxy) is 2. The van der Waals surface area contributed by atoms with E-state index in [1.807, 2.05) is 19.1 Å². The molecule has 1 aromatic carbocycles. The Balaban J connectivity index is 1.35. The average Bonchev–Trinajstić information content (AvgIpc) is 3.45. The van der Waals surface area contributed by atoms with Crippen molar-refractivity contribution in [1.29, 1.82) is 0 Å². The first-order chi connectivity index (χ1) is 16.0. The molecule has 1 aliphatic rings. The molecule has 1 aliphatic heterocycles. The number of amides is 1. The predicted octanol–water partition coefficient (Wildman–Crippen LogP) is 2.80. The molecule has 0 bridgehead atoms. The molecule has 33 heavy (non-hydrogen) atoms. The van der Waals surface area contributed by atoms with Crippen LogP contribution in [0, 0.1) is 12.7 Å². The minimum absolute atomic E-state index is 0.0342. The fourth-order valence-electron chi connectivity index (χ4n) is 3.56. The maximum absolute atomic E-state index is 13.7. The van der Waals surface area contributed by atoms with E-state index in [-0.39, 0.29) is 11.8 Å². The Labute approximate surface area is 194 Å². The molecule has 12 heteroatoms. The largest absolute Gasteiger partial charge is 0.494 e. The van der Waals surface area contributed by atoms with Crippen LogP contribution in [0.25, 0.3) is 0 Å². The minimum Gasteiger partial charge on any atom is -0.494 e. The lowest BCUT2D eigenvalue weighted by molar-refractivity contribution is -0.126. The molecule has 3 heterocycles. The molecule has 174 valence electrons. The van der Waals surface area contributed by atoms with Crippen molar-refractivity contribution in [3.05, 3.63) is 47.4 Å². The average molecular weight is 474 g/mol. The monoisotopic (exact) mass is 473 g/mol. The smallest absolute Gasteiger partial charge is 0.259 e. The Morgan fingerprint density at radius 3 is 2.73 bits per heavy atom. The molecule has 10 nitrogen and oxygen atoms in total. The molecule has 0 radical (unpaired) electrons. The van der Waals surface area contributed by atoms with Crippen LogP contribution in [0.2, 0.25) is 0 Å². The van der Waals surface area contributed by atoms with E-state index in [0.29, 0.717) is 15.8 Å². The number of carbonyl (C=O) groups excluding carboxylic acids is 1. The van der Waals surface area contributed by atoms with Gasteiger partial charge in [0.25, 0.3) is 5.91 Å². The van der Waals surface area contributed by atoms with Gasteiger partial charge in [-0.25, -0.2) is 4.39 Å². The summed E-state index contributed by atoms with van der Waals surface area (Å²) in [6, 6.07) is 8.21. The number of nitrogens with one attached hydrogen (secondary N) is 2. The summed E-state index contributed by atoms with van der Waals surface area (Å²) in [5.41, 5.74) is 1.34. The van der Waals surface area contributed by atoms with E-state index >= 15 is 0 Å². The molecule has 0 saturated carbocycles. The zero-order valence-corrected chi connectivity index (χ0v) is 19.2. The van der Waals surface area contributed by atoms with Crippen molar-refractivity contribution >= 4 is 33.3 Å². The van der Waals surface area contributed by atoms with Crippen LogP contribution in [-0.4, -0.2) is 59.7 Å². The highest BCUT2D eigenvalue weighted by Crippen LogP contribution is 2.28. The molecule has 0 spiro atoms. The Morgan fingerprint density at radius 2 is 2.00 bits per heavy atom. The van der Waals surface area contributed by atoms with Gasteiger partial charge in [-0.1, -0.05) is 17.4 Å². The number of aromatic nitrogens is 4. The van der Waals surface area contributed by atoms with E-state index < -0.39 is 17.8 Å². The third kappa shape index (κ3) is 5.34. The normalized spacial score (nSPS) is 16.5. The van der Waals surface area contributed by atoms with Crippen LogP contribution < -0.4 is 20.3 Å². The summed E-state index contributed by atoms with van der Waals surface area (Å²) < 4.78 is 24.0. The standard InChI is InChI=1S/C21H24FN7O3S/c1-12-4-7-17(26-25-12)29-9-8-14(11-29)23-20-27-28-21(33-20)24-19(30)18(32-3)13-5-6-15(22)16(10-13)31-2/h4-7,10,14,18H,8-9,11H2,1-3H3,(H,23,27)(H,24,28,30)/t14-,18+/m1/s1. The van der Waals surface area contributed by atoms with Crippen molar-refractivity contribution in [3.63, 3.8) is 0 Å². The molecule has 2 N–H and O–H groups in total. The van der Waals surface area contributed by atoms with Crippen molar-refractivity contribution in [3.8, 4) is 5.75 Å². The lowest BCUT2D eigenvalue weighted by Gasteiger charge is -2.17. The summed E-state index contributed by atoms with van der Waals surface area (Å²) in [6.07, 6.45) is -0.0477. The maximum atomic E-state index is 13.7. The van der Waals surface area contributed by atoms with E-state index in [2.05, 4.69) is 35.9 Å². The van der Waals surface area contributed by atoms with Crippen LogP contribution >= 0.6 is 11.3 Å².